The number of carbonyl (C=O) groups excluding carboxylic acids is 1. The normalized spacial score (nSPS) is 12.4. The van der Waals surface area contributed by atoms with Crippen LogP contribution in [0.25, 0.3) is 0 Å². The molecule has 7 heteroatoms. The van der Waals surface area contributed by atoms with Crippen LogP contribution < -0.4 is 11.3 Å². The Morgan fingerprint density at radius 1 is 1.71 bits per heavy atom. The van der Waals surface area contributed by atoms with E-state index in [9.17, 15) is 4.79 Å². The van der Waals surface area contributed by atoms with Crippen molar-refractivity contribution in [3.63, 3.8) is 0 Å². The molecule has 1 aromatic rings. The van der Waals surface area contributed by atoms with E-state index in [0.717, 1.165) is 5.69 Å². The standard InChI is InChI=1S/C10H17N3O3S/c1-3-15-4-7(2)16-5-8-6-17-10(12-8)9(14)13-11/h6-7H,3-5,11H2,1-2H3,(H,13,14). The number of carbonyl (C=O) groups is 1. The maximum Gasteiger partial charge on any atom is 0.294 e. The molecule has 6 nitrogen and oxygen atoms in total. The number of nitrogens with zero attached hydrogens (tertiary/aromatic N) is 1. The molecule has 0 aliphatic heterocycles. The second-order valence-corrected chi connectivity index (χ2v) is 4.26. The van der Waals surface area contributed by atoms with Crippen LogP contribution in [0.3, 0.4) is 0 Å². The predicted octanol–water partition coefficient (Wildman–Crippen LogP) is 0.688. The lowest BCUT2D eigenvalue weighted by molar-refractivity contribution is -0.0126. The number of rotatable bonds is 7. The fraction of sp³-hybridized carbons (Fsp3) is 0.600. The van der Waals surface area contributed by atoms with E-state index in [4.69, 9.17) is 15.3 Å². The zero-order valence-electron chi connectivity index (χ0n) is 9.93. The van der Waals surface area contributed by atoms with Gasteiger partial charge in [-0.2, -0.15) is 0 Å². The third kappa shape index (κ3) is 4.78. The number of nitrogens with one attached hydrogen (secondary N) is 1. The Labute approximate surface area is 104 Å². The molecule has 1 rings (SSSR count). The molecule has 0 fully saturated rings. The highest BCUT2D eigenvalue weighted by Gasteiger charge is 2.10. The number of thiazole rings is 1. The van der Waals surface area contributed by atoms with E-state index >= 15 is 0 Å². The summed E-state index contributed by atoms with van der Waals surface area (Å²) in [6.07, 6.45) is 0.00318. The van der Waals surface area contributed by atoms with Crippen LogP contribution >= 0.6 is 11.3 Å². The first-order valence-electron chi connectivity index (χ1n) is 5.32. The quantitative estimate of drug-likeness (QED) is 0.427. The first kappa shape index (κ1) is 14.0. The number of hydrazine groups is 1. The minimum Gasteiger partial charge on any atom is -0.379 e. The number of hydrogen-bond acceptors (Lipinski definition) is 6. The highest BCUT2D eigenvalue weighted by atomic mass is 32.1. The Hall–Kier alpha value is -1.02. The van der Waals surface area contributed by atoms with Crippen molar-refractivity contribution < 1.29 is 14.3 Å². The average Bonchev–Trinajstić information content (AvgIpc) is 2.81. The molecule has 1 atom stereocenters. The molecule has 0 spiro atoms. The molecule has 17 heavy (non-hydrogen) atoms. The van der Waals surface area contributed by atoms with Crippen molar-refractivity contribution in [2.75, 3.05) is 13.2 Å². The average molecular weight is 259 g/mol. The summed E-state index contributed by atoms with van der Waals surface area (Å²) in [5.74, 6) is 4.62. The summed E-state index contributed by atoms with van der Waals surface area (Å²) in [5, 5.41) is 2.11. The van der Waals surface area contributed by atoms with Crippen LogP contribution in [0, 0.1) is 0 Å². The summed E-state index contributed by atoms with van der Waals surface area (Å²) in [4.78, 5) is 15.3. The summed E-state index contributed by atoms with van der Waals surface area (Å²) < 4.78 is 10.7. The fourth-order valence-corrected chi connectivity index (χ4v) is 1.80. The number of aromatic nitrogens is 1. The molecule has 0 radical (unpaired) electrons. The third-order valence-corrected chi connectivity index (χ3v) is 2.84. The molecule has 3 N–H and O–H groups in total. The fourth-order valence-electron chi connectivity index (χ4n) is 1.10. The number of nitrogen functional groups attached to an aromatic ring is 1. The maximum atomic E-state index is 11.2. The minimum atomic E-state index is -0.386. The van der Waals surface area contributed by atoms with E-state index < -0.39 is 0 Å². The second kappa shape index (κ2) is 7.33. The highest BCUT2D eigenvalue weighted by molar-refractivity contribution is 7.11. The number of nitrogens with two attached hydrogens (primary N) is 1. The van der Waals surface area contributed by atoms with Gasteiger partial charge in [-0.05, 0) is 13.8 Å². The highest BCUT2D eigenvalue weighted by Crippen LogP contribution is 2.11. The van der Waals surface area contributed by atoms with E-state index in [1.54, 1.807) is 5.38 Å². The molecule has 1 unspecified atom stereocenters. The molecule has 0 aromatic carbocycles. The van der Waals surface area contributed by atoms with E-state index in [-0.39, 0.29) is 12.0 Å². The molecule has 0 bridgehead atoms. The van der Waals surface area contributed by atoms with Crippen LogP contribution in [-0.2, 0) is 16.1 Å². The summed E-state index contributed by atoms with van der Waals surface area (Å²) in [6, 6.07) is 0. The SMILES string of the molecule is CCOCC(C)OCc1csc(C(=O)NN)n1. The van der Waals surface area contributed by atoms with Gasteiger partial charge in [-0.1, -0.05) is 0 Å². The van der Waals surface area contributed by atoms with Crippen LogP contribution in [0.15, 0.2) is 5.38 Å². The van der Waals surface area contributed by atoms with Gasteiger partial charge < -0.3 is 9.47 Å². The van der Waals surface area contributed by atoms with Gasteiger partial charge in [0.2, 0.25) is 0 Å². The zero-order chi connectivity index (χ0) is 12.7. The molecular weight excluding hydrogens is 242 g/mol. The minimum absolute atomic E-state index is 0.00318. The van der Waals surface area contributed by atoms with Gasteiger partial charge in [0.1, 0.15) is 0 Å². The largest absolute Gasteiger partial charge is 0.379 e. The topological polar surface area (TPSA) is 86.5 Å². The van der Waals surface area contributed by atoms with Gasteiger partial charge >= 0.3 is 0 Å². The van der Waals surface area contributed by atoms with Gasteiger partial charge in [0, 0.05) is 12.0 Å². The molecule has 96 valence electrons. The Balaban J connectivity index is 2.36. The lowest BCUT2D eigenvalue weighted by Gasteiger charge is -2.11. The summed E-state index contributed by atoms with van der Waals surface area (Å²) in [5.41, 5.74) is 2.75. The Morgan fingerprint density at radius 2 is 2.47 bits per heavy atom. The lowest BCUT2D eigenvalue weighted by atomic mass is 10.4. The third-order valence-electron chi connectivity index (χ3n) is 1.95. The van der Waals surface area contributed by atoms with Crippen molar-refractivity contribution in [1.29, 1.82) is 0 Å². The van der Waals surface area contributed by atoms with Crippen molar-refractivity contribution in [3.8, 4) is 0 Å². The van der Waals surface area contributed by atoms with Crippen LogP contribution in [0.5, 0.6) is 0 Å². The van der Waals surface area contributed by atoms with Crippen LogP contribution in [0.1, 0.15) is 29.3 Å². The maximum absolute atomic E-state index is 11.2. The van der Waals surface area contributed by atoms with Gasteiger partial charge in [0.25, 0.3) is 5.91 Å². The van der Waals surface area contributed by atoms with Gasteiger partial charge in [0.05, 0.1) is 25.0 Å². The monoisotopic (exact) mass is 259 g/mol. The van der Waals surface area contributed by atoms with Crippen molar-refractivity contribution >= 4 is 17.2 Å². The Kier molecular flexibility index (Phi) is 6.06. The molecular formula is C10H17N3O3S. The molecule has 0 saturated heterocycles. The van der Waals surface area contributed by atoms with Crippen molar-refractivity contribution in [2.24, 2.45) is 5.84 Å². The first-order valence-corrected chi connectivity index (χ1v) is 6.20. The summed E-state index contributed by atoms with van der Waals surface area (Å²) in [7, 11) is 0. The van der Waals surface area contributed by atoms with Gasteiger partial charge in [-0.25, -0.2) is 10.8 Å². The molecule has 0 aliphatic rings. The molecule has 1 amide bonds. The van der Waals surface area contributed by atoms with Gasteiger partial charge in [-0.15, -0.1) is 11.3 Å². The summed E-state index contributed by atoms with van der Waals surface area (Å²) in [6.45, 7) is 5.45. The van der Waals surface area contributed by atoms with Gasteiger partial charge in [-0.3, -0.25) is 10.2 Å². The Bertz CT molecular complexity index is 356. The van der Waals surface area contributed by atoms with E-state index in [1.807, 2.05) is 19.3 Å². The number of amides is 1. The number of ether oxygens (including phenoxy) is 2. The second-order valence-electron chi connectivity index (χ2n) is 3.40. The van der Waals surface area contributed by atoms with Crippen LogP contribution in [-0.4, -0.2) is 30.2 Å². The van der Waals surface area contributed by atoms with E-state index in [1.165, 1.54) is 11.3 Å². The Morgan fingerprint density at radius 3 is 3.12 bits per heavy atom. The smallest absolute Gasteiger partial charge is 0.294 e. The van der Waals surface area contributed by atoms with Crippen molar-refractivity contribution in [1.82, 2.24) is 10.4 Å². The molecule has 0 saturated carbocycles. The lowest BCUT2D eigenvalue weighted by Crippen LogP contribution is -2.29. The zero-order valence-corrected chi connectivity index (χ0v) is 10.8. The molecule has 1 aromatic heterocycles. The predicted molar refractivity (Wildman–Crippen MR) is 64.5 cm³/mol. The van der Waals surface area contributed by atoms with Crippen LogP contribution in [0.4, 0.5) is 0 Å². The molecule has 1 heterocycles. The first-order chi connectivity index (χ1) is 8.17. The summed E-state index contributed by atoms with van der Waals surface area (Å²) >= 11 is 1.24. The number of hydrogen-bond donors (Lipinski definition) is 2. The van der Waals surface area contributed by atoms with Gasteiger partial charge in [0.15, 0.2) is 5.01 Å². The molecule has 0 aliphatic carbocycles. The van der Waals surface area contributed by atoms with E-state index in [0.29, 0.717) is 24.8 Å². The van der Waals surface area contributed by atoms with Crippen molar-refractivity contribution in [2.45, 2.75) is 26.6 Å². The van der Waals surface area contributed by atoms with Crippen LogP contribution in [0.2, 0.25) is 0 Å². The van der Waals surface area contributed by atoms with E-state index in [2.05, 4.69) is 4.98 Å². The van der Waals surface area contributed by atoms with Crippen molar-refractivity contribution in [3.05, 3.63) is 16.1 Å².